The number of carbonyl (C=O) groups is 1. The number of hydrogen-bond acceptors (Lipinski definition) is 1. The summed E-state index contributed by atoms with van der Waals surface area (Å²) in [5.41, 5.74) is 0.990. The molecule has 1 rings (SSSR count). The molecule has 0 aliphatic rings. The van der Waals surface area contributed by atoms with E-state index < -0.39 is 0 Å². The molecule has 3 heteroatoms. The Kier molecular flexibility index (Phi) is 3.35. The second kappa shape index (κ2) is 4.10. The van der Waals surface area contributed by atoms with Crippen LogP contribution in [0.3, 0.4) is 0 Å². The fourth-order valence-electron chi connectivity index (χ4n) is 0.919. The molecular formula is C9H9BrOS. The lowest BCUT2D eigenvalue weighted by atomic mass is 10.0. The Morgan fingerprint density at radius 3 is 2.75 bits per heavy atom. The maximum absolute atomic E-state index is 10.9. The summed E-state index contributed by atoms with van der Waals surface area (Å²) in [5, 5.41) is -0.104. The maximum atomic E-state index is 10.9. The number of thiol groups is 1. The quantitative estimate of drug-likeness (QED) is 0.792. The van der Waals surface area contributed by atoms with Crippen molar-refractivity contribution in [3.63, 3.8) is 0 Å². The standard InChI is InChI=1S/C9H9BrOS/c1-6(9(11)12)7-3-2-4-8(10)5-7/h2-6H,1H3,(H,11,12). The van der Waals surface area contributed by atoms with E-state index in [1.807, 2.05) is 31.2 Å². The van der Waals surface area contributed by atoms with E-state index in [-0.39, 0.29) is 11.0 Å². The average Bonchev–Trinajstić information content (AvgIpc) is 2.03. The van der Waals surface area contributed by atoms with E-state index in [1.54, 1.807) is 0 Å². The molecule has 0 amide bonds. The Bertz CT molecular complexity index is 298. The molecule has 64 valence electrons. The zero-order chi connectivity index (χ0) is 9.14. The molecule has 12 heavy (non-hydrogen) atoms. The molecule has 1 atom stereocenters. The van der Waals surface area contributed by atoms with Crippen molar-refractivity contribution in [2.24, 2.45) is 0 Å². The molecule has 1 nitrogen and oxygen atoms in total. The Labute approximate surface area is 85.7 Å². The highest BCUT2D eigenvalue weighted by molar-refractivity contribution is 9.10. The second-order valence-corrected chi connectivity index (χ2v) is 3.97. The fourth-order valence-corrected chi connectivity index (χ4v) is 1.48. The predicted octanol–water partition coefficient (Wildman–Crippen LogP) is 3.01. The molecular weight excluding hydrogens is 236 g/mol. The van der Waals surface area contributed by atoms with Gasteiger partial charge in [0.25, 0.3) is 0 Å². The van der Waals surface area contributed by atoms with E-state index in [9.17, 15) is 4.79 Å². The lowest BCUT2D eigenvalue weighted by molar-refractivity contribution is -0.111. The SMILES string of the molecule is CC(C(=O)S)c1cccc(Br)c1. The Morgan fingerprint density at radius 1 is 1.58 bits per heavy atom. The molecule has 0 saturated carbocycles. The van der Waals surface area contributed by atoms with Crippen LogP contribution in [0.5, 0.6) is 0 Å². The van der Waals surface area contributed by atoms with Crippen molar-refractivity contribution < 1.29 is 4.79 Å². The van der Waals surface area contributed by atoms with Crippen LogP contribution in [0, 0.1) is 0 Å². The normalized spacial score (nSPS) is 12.6. The molecule has 0 heterocycles. The van der Waals surface area contributed by atoms with Crippen LogP contribution in [0.4, 0.5) is 0 Å². The van der Waals surface area contributed by atoms with E-state index in [0.717, 1.165) is 10.0 Å². The van der Waals surface area contributed by atoms with Crippen LogP contribution in [0.15, 0.2) is 28.7 Å². The summed E-state index contributed by atoms with van der Waals surface area (Å²) in [7, 11) is 0. The summed E-state index contributed by atoms with van der Waals surface area (Å²) in [4.78, 5) is 10.9. The van der Waals surface area contributed by atoms with E-state index in [2.05, 4.69) is 28.6 Å². The van der Waals surface area contributed by atoms with Gasteiger partial charge in [0.2, 0.25) is 0 Å². The molecule has 1 unspecified atom stereocenters. The number of hydrogen-bond donors (Lipinski definition) is 1. The third-order valence-corrected chi connectivity index (χ3v) is 2.60. The minimum atomic E-state index is -0.133. The van der Waals surface area contributed by atoms with Crippen LogP contribution < -0.4 is 0 Å². The van der Waals surface area contributed by atoms with Gasteiger partial charge in [-0.05, 0) is 17.7 Å². The molecule has 0 N–H and O–H groups in total. The molecule has 1 aromatic rings. The summed E-state index contributed by atoms with van der Waals surface area (Å²) in [5.74, 6) is -0.133. The van der Waals surface area contributed by atoms with Gasteiger partial charge in [-0.15, -0.1) is 12.6 Å². The van der Waals surface area contributed by atoms with Crippen molar-refractivity contribution in [3.8, 4) is 0 Å². The monoisotopic (exact) mass is 244 g/mol. The Morgan fingerprint density at radius 2 is 2.25 bits per heavy atom. The molecule has 1 aromatic carbocycles. The predicted molar refractivity (Wildman–Crippen MR) is 56.6 cm³/mol. The lowest BCUT2D eigenvalue weighted by Gasteiger charge is -2.06. The zero-order valence-electron chi connectivity index (χ0n) is 6.62. The largest absolute Gasteiger partial charge is 0.287 e. The van der Waals surface area contributed by atoms with Crippen molar-refractivity contribution in [1.82, 2.24) is 0 Å². The molecule has 0 saturated heterocycles. The number of halogens is 1. The van der Waals surface area contributed by atoms with Crippen LogP contribution in [0.1, 0.15) is 18.4 Å². The van der Waals surface area contributed by atoms with E-state index in [0.29, 0.717) is 0 Å². The molecule has 0 spiro atoms. The average molecular weight is 245 g/mol. The molecule has 0 aliphatic carbocycles. The summed E-state index contributed by atoms with van der Waals surface area (Å²) in [6, 6.07) is 7.69. The Hall–Kier alpha value is -0.280. The van der Waals surface area contributed by atoms with Gasteiger partial charge in [0.05, 0.1) is 5.92 Å². The van der Waals surface area contributed by atoms with Crippen molar-refractivity contribution in [1.29, 1.82) is 0 Å². The first-order chi connectivity index (χ1) is 5.61. The smallest absolute Gasteiger partial charge is 0.193 e. The fraction of sp³-hybridized carbons (Fsp3) is 0.222. The molecule has 0 radical (unpaired) electrons. The molecule has 0 fully saturated rings. The highest BCUT2D eigenvalue weighted by Crippen LogP contribution is 2.21. The summed E-state index contributed by atoms with van der Waals surface area (Å²) in [6.07, 6.45) is 0. The summed E-state index contributed by atoms with van der Waals surface area (Å²) in [6.45, 7) is 1.84. The van der Waals surface area contributed by atoms with Crippen molar-refractivity contribution in [2.45, 2.75) is 12.8 Å². The first-order valence-corrected chi connectivity index (χ1v) is 4.83. The summed E-state index contributed by atoms with van der Waals surface area (Å²) >= 11 is 7.13. The highest BCUT2D eigenvalue weighted by Gasteiger charge is 2.10. The van der Waals surface area contributed by atoms with Gasteiger partial charge < -0.3 is 0 Å². The lowest BCUT2D eigenvalue weighted by Crippen LogP contribution is -2.01. The molecule has 0 aromatic heterocycles. The zero-order valence-corrected chi connectivity index (χ0v) is 9.10. The van der Waals surface area contributed by atoms with Crippen molar-refractivity contribution in [3.05, 3.63) is 34.3 Å². The van der Waals surface area contributed by atoms with Crippen LogP contribution >= 0.6 is 28.6 Å². The van der Waals surface area contributed by atoms with Gasteiger partial charge in [0, 0.05) is 4.47 Å². The van der Waals surface area contributed by atoms with Crippen LogP contribution in [0.25, 0.3) is 0 Å². The van der Waals surface area contributed by atoms with Gasteiger partial charge in [0.15, 0.2) is 5.12 Å². The molecule has 0 aliphatic heterocycles. The maximum Gasteiger partial charge on any atom is 0.193 e. The third kappa shape index (κ3) is 2.35. The topological polar surface area (TPSA) is 17.1 Å². The van der Waals surface area contributed by atoms with Crippen LogP contribution in [0.2, 0.25) is 0 Å². The first kappa shape index (κ1) is 9.81. The van der Waals surface area contributed by atoms with Gasteiger partial charge in [-0.3, -0.25) is 4.79 Å². The van der Waals surface area contributed by atoms with Gasteiger partial charge in [0.1, 0.15) is 0 Å². The number of carbonyl (C=O) groups excluding carboxylic acids is 1. The van der Waals surface area contributed by atoms with Gasteiger partial charge in [-0.25, -0.2) is 0 Å². The molecule has 0 bridgehead atoms. The van der Waals surface area contributed by atoms with Crippen molar-refractivity contribution >= 4 is 33.7 Å². The first-order valence-electron chi connectivity index (χ1n) is 3.59. The minimum absolute atomic E-state index is 0.104. The van der Waals surface area contributed by atoms with E-state index in [4.69, 9.17) is 0 Å². The second-order valence-electron chi connectivity index (χ2n) is 2.61. The van der Waals surface area contributed by atoms with Crippen LogP contribution in [-0.2, 0) is 4.79 Å². The highest BCUT2D eigenvalue weighted by atomic mass is 79.9. The van der Waals surface area contributed by atoms with E-state index in [1.165, 1.54) is 0 Å². The summed E-state index contributed by atoms with van der Waals surface area (Å²) < 4.78 is 0.987. The Balaban J connectivity index is 2.95. The number of benzene rings is 1. The van der Waals surface area contributed by atoms with Gasteiger partial charge in [-0.1, -0.05) is 35.0 Å². The van der Waals surface area contributed by atoms with Crippen LogP contribution in [-0.4, -0.2) is 5.12 Å². The van der Waals surface area contributed by atoms with E-state index >= 15 is 0 Å². The van der Waals surface area contributed by atoms with Crippen molar-refractivity contribution in [2.75, 3.05) is 0 Å². The minimum Gasteiger partial charge on any atom is -0.287 e. The third-order valence-electron chi connectivity index (χ3n) is 1.72. The van der Waals surface area contributed by atoms with Gasteiger partial charge >= 0.3 is 0 Å². The van der Waals surface area contributed by atoms with Gasteiger partial charge in [-0.2, -0.15) is 0 Å². The number of rotatable bonds is 2.